The fourth-order valence-electron chi connectivity index (χ4n) is 3.73. The van der Waals surface area contributed by atoms with Gasteiger partial charge < -0.3 is 14.6 Å². The van der Waals surface area contributed by atoms with Crippen molar-refractivity contribution in [3.05, 3.63) is 28.5 Å². The van der Waals surface area contributed by atoms with Crippen molar-refractivity contribution in [1.82, 2.24) is 14.6 Å². The normalized spacial score (nSPS) is 23.6. The first kappa shape index (κ1) is 18.8. The number of halogens is 1. The van der Waals surface area contributed by atoms with E-state index in [1.165, 1.54) is 4.90 Å². The molecule has 138 valence electrons. The van der Waals surface area contributed by atoms with E-state index in [2.05, 4.69) is 9.71 Å². The second-order valence-electron chi connectivity index (χ2n) is 7.93. The first-order valence-electron chi connectivity index (χ1n) is 8.43. The standard InChI is InChI=1S/C17H24ClN3O3S/c1-16(2,3)25(24)20-14-12-8-11(18)10-19-13(12)9-17(14)4-6-21(7-5-17)15(22)23/h8,10,14,20H,4-7,9H2,1-3H3,(H,22,23)/t14-,25-/m1/s1. The summed E-state index contributed by atoms with van der Waals surface area (Å²) < 4.78 is 15.7. The summed E-state index contributed by atoms with van der Waals surface area (Å²) in [6.45, 7) is 6.76. The minimum atomic E-state index is -1.24. The van der Waals surface area contributed by atoms with Crippen LogP contribution in [0.15, 0.2) is 12.3 Å². The van der Waals surface area contributed by atoms with Gasteiger partial charge in [0.2, 0.25) is 0 Å². The quantitative estimate of drug-likeness (QED) is 0.763. The first-order chi connectivity index (χ1) is 11.6. The predicted octanol–water partition coefficient (Wildman–Crippen LogP) is 3.14. The van der Waals surface area contributed by atoms with Crippen molar-refractivity contribution in [2.45, 2.75) is 50.8 Å². The number of hydrogen-bond donors (Lipinski definition) is 2. The van der Waals surface area contributed by atoms with Crippen LogP contribution in [-0.2, 0) is 17.8 Å². The number of amides is 1. The number of pyridine rings is 1. The summed E-state index contributed by atoms with van der Waals surface area (Å²) in [5.74, 6) is 0. The van der Waals surface area contributed by atoms with Crippen LogP contribution in [-0.4, -0.2) is 43.5 Å². The van der Waals surface area contributed by atoms with Crippen LogP contribution in [0.4, 0.5) is 4.79 Å². The van der Waals surface area contributed by atoms with Crippen molar-refractivity contribution in [2.24, 2.45) is 5.41 Å². The molecule has 0 aromatic carbocycles. The zero-order chi connectivity index (χ0) is 18.4. The molecule has 25 heavy (non-hydrogen) atoms. The van der Waals surface area contributed by atoms with Crippen molar-refractivity contribution < 1.29 is 14.5 Å². The van der Waals surface area contributed by atoms with Crippen LogP contribution in [0.1, 0.15) is 50.9 Å². The molecule has 2 aliphatic rings. The van der Waals surface area contributed by atoms with Crippen molar-refractivity contribution in [2.75, 3.05) is 13.1 Å². The highest BCUT2D eigenvalue weighted by Gasteiger charge is 2.51. The highest BCUT2D eigenvalue weighted by Crippen LogP contribution is 2.52. The van der Waals surface area contributed by atoms with Crippen LogP contribution in [0.25, 0.3) is 0 Å². The minimum absolute atomic E-state index is 0.135. The number of rotatable bonds is 2. The monoisotopic (exact) mass is 385 g/mol. The molecule has 1 saturated heterocycles. The largest absolute Gasteiger partial charge is 0.598 e. The maximum absolute atomic E-state index is 12.8. The van der Waals surface area contributed by atoms with Crippen LogP contribution in [0.5, 0.6) is 0 Å². The van der Waals surface area contributed by atoms with Gasteiger partial charge in [-0.2, -0.15) is 0 Å². The number of carbonyl (C=O) groups is 1. The predicted molar refractivity (Wildman–Crippen MR) is 98.0 cm³/mol. The molecule has 2 atom stereocenters. The maximum atomic E-state index is 12.8. The Hall–Kier alpha value is -1.02. The number of aromatic nitrogens is 1. The fraction of sp³-hybridized carbons (Fsp3) is 0.647. The van der Waals surface area contributed by atoms with Gasteiger partial charge in [-0.15, -0.1) is 4.72 Å². The van der Waals surface area contributed by atoms with Crippen LogP contribution >= 0.6 is 11.6 Å². The SMILES string of the molecule is CC(C)(C)[S@@+]([O-])N[C@@H]1c2cc(Cl)cnc2CC12CCN(C(=O)O)CC2. The number of piperidine rings is 1. The van der Waals surface area contributed by atoms with Crippen molar-refractivity contribution in [1.29, 1.82) is 0 Å². The Morgan fingerprint density at radius 1 is 1.48 bits per heavy atom. The second-order valence-corrected chi connectivity index (χ2v) is 10.4. The van der Waals surface area contributed by atoms with Gasteiger partial charge in [0.15, 0.2) is 0 Å². The number of fused-ring (bicyclic) bond motifs is 1. The summed E-state index contributed by atoms with van der Waals surface area (Å²) in [6, 6.07) is 1.77. The van der Waals surface area contributed by atoms with Gasteiger partial charge in [-0.1, -0.05) is 11.6 Å². The lowest BCUT2D eigenvalue weighted by atomic mass is 9.73. The average molecular weight is 386 g/mol. The van der Waals surface area contributed by atoms with Crippen LogP contribution in [0.2, 0.25) is 5.02 Å². The van der Waals surface area contributed by atoms with Gasteiger partial charge >= 0.3 is 6.09 Å². The molecular formula is C17H24ClN3O3S. The molecule has 1 aromatic heterocycles. The summed E-state index contributed by atoms with van der Waals surface area (Å²) in [5.41, 5.74) is 1.79. The summed E-state index contributed by atoms with van der Waals surface area (Å²) in [5, 5.41) is 9.79. The van der Waals surface area contributed by atoms with E-state index in [1.54, 1.807) is 6.20 Å². The van der Waals surface area contributed by atoms with Gasteiger partial charge in [0, 0.05) is 41.8 Å². The molecular weight excluding hydrogens is 362 g/mol. The molecule has 0 unspecified atom stereocenters. The van der Waals surface area contributed by atoms with E-state index in [0.717, 1.165) is 17.7 Å². The molecule has 0 saturated carbocycles. The third kappa shape index (κ3) is 3.60. The molecule has 1 aromatic rings. The first-order valence-corrected chi connectivity index (χ1v) is 9.95. The molecule has 0 bridgehead atoms. The van der Waals surface area contributed by atoms with Crippen molar-refractivity contribution in [3.8, 4) is 0 Å². The van der Waals surface area contributed by atoms with E-state index >= 15 is 0 Å². The molecule has 2 heterocycles. The topological polar surface area (TPSA) is 88.5 Å². The van der Waals surface area contributed by atoms with Gasteiger partial charge in [0.1, 0.15) is 4.75 Å². The van der Waals surface area contributed by atoms with Crippen LogP contribution in [0, 0.1) is 5.41 Å². The Morgan fingerprint density at radius 2 is 2.12 bits per heavy atom. The molecule has 1 amide bonds. The lowest BCUT2D eigenvalue weighted by Gasteiger charge is -2.43. The molecule has 1 aliphatic carbocycles. The number of likely N-dealkylation sites (tertiary alicyclic amines) is 1. The fourth-order valence-corrected chi connectivity index (χ4v) is 4.84. The Bertz CT molecular complexity index is 672. The summed E-state index contributed by atoms with van der Waals surface area (Å²) in [4.78, 5) is 17.2. The molecule has 2 N–H and O–H groups in total. The smallest absolute Gasteiger partial charge is 0.407 e. The van der Waals surface area contributed by atoms with E-state index in [0.29, 0.717) is 31.0 Å². The summed E-state index contributed by atoms with van der Waals surface area (Å²) >= 11 is 4.92. The minimum Gasteiger partial charge on any atom is -0.598 e. The third-order valence-corrected chi connectivity index (χ3v) is 6.99. The Labute approximate surface area is 156 Å². The highest BCUT2D eigenvalue weighted by molar-refractivity contribution is 7.90. The zero-order valence-corrected chi connectivity index (χ0v) is 16.3. The summed E-state index contributed by atoms with van der Waals surface area (Å²) in [7, 11) is 0. The molecule has 1 spiro atoms. The lowest BCUT2D eigenvalue weighted by Crippen LogP contribution is -2.50. The maximum Gasteiger partial charge on any atom is 0.407 e. The number of nitrogens with zero attached hydrogens (tertiary/aromatic N) is 2. The third-order valence-electron chi connectivity index (χ3n) is 5.22. The van der Waals surface area contributed by atoms with Crippen LogP contribution < -0.4 is 4.72 Å². The summed E-state index contributed by atoms with van der Waals surface area (Å²) in [6.07, 6.45) is 2.95. The second kappa shape index (κ2) is 6.61. The lowest BCUT2D eigenvalue weighted by molar-refractivity contribution is 0.0762. The van der Waals surface area contributed by atoms with Crippen molar-refractivity contribution in [3.63, 3.8) is 0 Å². The number of carboxylic acid groups (broad SMARTS) is 1. The Balaban J connectivity index is 1.91. The molecule has 1 aliphatic heterocycles. The van der Waals surface area contributed by atoms with Gasteiger partial charge in [-0.25, -0.2) is 4.79 Å². The Morgan fingerprint density at radius 3 is 2.68 bits per heavy atom. The molecule has 8 heteroatoms. The van der Waals surface area contributed by atoms with Gasteiger partial charge in [0.05, 0.1) is 11.1 Å². The Kier molecular flexibility index (Phi) is 4.96. The van der Waals surface area contributed by atoms with E-state index in [1.807, 2.05) is 26.8 Å². The van der Waals surface area contributed by atoms with E-state index in [4.69, 9.17) is 11.6 Å². The van der Waals surface area contributed by atoms with Crippen LogP contribution in [0.3, 0.4) is 0 Å². The number of nitrogens with one attached hydrogen (secondary N) is 1. The highest BCUT2D eigenvalue weighted by atomic mass is 35.5. The van der Waals surface area contributed by atoms with Gasteiger partial charge in [0.25, 0.3) is 0 Å². The van der Waals surface area contributed by atoms with E-state index in [9.17, 15) is 14.5 Å². The number of hydrogen-bond acceptors (Lipinski definition) is 4. The van der Waals surface area contributed by atoms with E-state index in [-0.39, 0.29) is 11.5 Å². The molecule has 6 nitrogen and oxygen atoms in total. The zero-order valence-electron chi connectivity index (χ0n) is 14.7. The van der Waals surface area contributed by atoms with Gasteiger partial charge in [-0.05, 0) is 51.7 Å². The van der Waals surface area contributed by atoms with E-state index < -0.39 is 22.2 Å². The molecule has 0 radical (unpaired) electrons. The molecule has 1 fully saturated rings. The van der Waals surface area contributed by atoms with Crippen molar-refractivity contribution >= 4 is 29.1 Å². The average Bonchev–Trinajstić information content (AvgIpc) is 2.80. The van der Waals surface area contributed by atoms with Gasteiger partial charge in [-0.3, -0.25) is 4.98 Å². The molecule has 3 rings (SSSR count).